The Balaban J connectivity index is 1.80. The fourth-order valence-corrected chi connectivity index (χ4v) is 3.35. The Hall–Kier alpha value is -1.55. The lowest BCUT2D eigenvalue weighted by Gasteiger charge is -2.34. The Morgan fingerprint density at radius 2 is 2.00 bits per heavy atom. The Morgan fingerprint density at radius 1 is 1.25 bits per heavy atom. The molecule has 0 aromatic heterocycles. The molecule has 1 aromatic carbocycles. The third-order valence-electron chi connectivity index (χ3n) is 5.08. The van der Waals surface area contributed by atoms with Gasteiger partial charge >= 0.3 is 0 Å². The number of hydrogen-bond acceptors (Lipinski definition) is 3. The highest BCUT2D eigenvalue weighted by molar-refractivity contribution is 5.79. The first-order valence-electron chi connectivity index (χ1n) is 9.26. The lowest BCUT2D eigenvalue weighted by atomic mass is 9.96. The van der Waals surface area contributed by atoms with Gasteiger partial charge in [-0.3, -0.25) is 9.69 Å². The van der Waals surface area contributed by atoms with E-state index in [1.165, 1.54) is 11.1 Å². The molecule has 0 radical (unpaired) electrons. The zero-order valence-electron chi connectivity index (χ0n) is 15.7. The van der Waals surface area contributed by atoms with Crippen LogP contribution < -0.4 is 4.74 Å². The van der Waals surface area contributed by atoms with E-state index in [1.54, 1.807) is 0 Å². The van der Waals surface area contributed by atoms with Crippen LogP contribution >= 0.6 is 0 Å². The zero-order chi connectivity index (χ0) is 17.5. The largest absolute Gasteiger partial charge is 0.492 e. The highest BCUT2D eigenvalue weighted by atomic mass is 16.5. The first kappa shape index (κ1) is 18.8. The molecule has 1 unspecified atom stereocenters. The molecule has 4 nitrogen and oxygen atoms in total. The third-order valence-corrected chi connectivity index (χ3v) is 5.08. The van der Waals surface area contributed by atoms with Gasteiger partial charge < -0.3 is 9.64 Å². The second kappa shape index (κ2) is 9.07. The van der Waals surface area contributed by atoms with E-state index in [1.807, 2.05) is 11.0 Å². The van der Waals surface area contributed by atoms with Crippen LogP contribution in [0.15, 0.2) is 18.2 Å². The quantitative estimate of drug-likeness (QED) is 0.768. The predicted molar refractivity (Wildman–Crippen MR) is 98.5 cm³/mol. The van der Waals surface area contributed by atoms with Crippen molar-refractivity contribution >= 4 is 5.91 Å². The molecule has 0 saturated carbocycles. The van der Waals surface area contributed by atoms with Crippen LogP contribution in [0.3, 0.4) is 0 Å². The summed E-state index contributed by atoms with van der Waals surface area (Å²) in [5.74, 6) is 1.41. The van der Waals surface area contributed by atoms with Crippen LogP contribution in [0.4, 0.5) is 0 Å². The first-order valence-corrected chi connectivity index (χ1v) is 9.26. The molecule has 1 amide bonds. The molecule has 0 N–H and O–H groups in total. The molecule has 1 aliphatic heterocycles. The van der Waals surface area contributed by atoms with Crippen LogP contribution in [0.1, 0.15) is 37.8 Å². The maximum Gasteiger partial charge on any atom is 0.226 e. The van der Waals surface area contributed by atoms with E-state index in [-0.39, 0.29) is 5.92 Å². The minimum Gasteiger partial charge on any atom is -0.492 e. The Kier molecular flexibility index (Phi) is 7.10. The van der Waals surface area contributed by atoms with E-state index in [9.17, 15) is 4.79 Å². The minimum atomic E-state index is 0.153. The maximum absolute atomic E-state index is 12.5. The van der Waals surface area contributed by atoms with Crippen molar-refractivity contribution in [2.75, 3.05) is 39.3 Å². The summed E-state index contributed by atoms with van der Waals surface area (Å²) in [6.45, 7) is 13.4. The average molecular weight is 332 g/mol. The first-order chi connectivity index (χ1) is 11.5. The molecule has 0 bridgehead atoms. The Labute approximate surface area is 146 Å². The van der Waals surface area contributed by atoms with E-state index in [2.05, 4.69) is 44.7 Å². The number of hydrogen-bond donors (Lipinski definition) is 0. The maximum atomic E-state index is 12.5. The van der Waals surface area contributed by atoms with E-state index in [4.69, 9.17) is 4.74 Å². The normalized spacial score (nSPS) is 18.4. The van der Waals surface area contributed by atoms with Crippen molar-refractivity contribution in [2.24, 2.45) is 5.92 Å². The van der Waals surface area contributed by atoms with Crippen LogP contribution in [0.25, 0.3) is 0 Å². The van der Waals surface area contributed by atoms with E-state index in [0.717, 1.165) is 51.3 Å². The predicted octanol–water partition coefficient (Wildman–Crippen LogP) is 3.26. The number of rotatable bonds is 7. The highest BCUT2D eigenvalue weighted by Gasteiger charge is 2.28. The standard InChI is InChI=1S/C20H32N2O2/c1-5-22(6-2)20(23)18-8-7-11-21(15-18)12-13-24-19-10-9-16(3)17(4)14-19/h9-10,14,18H,5-8,11-13,15H2,1-4H3. The van der Waals surface area contributed by atoms with Crippen molar-refractivity contribution in [1.82, 2.24) is 9.80 Å². The molecular weight excluding hydrogens is 300 g/mol. The topological polar surface area (TPSA) is 32.8 Å². The SMILES string of the molecule is CCN(CC)C(=O)C1CCCN(CCOc2ccc(C)c(C)c2)C1. The molecule has 1 saturated heterocycles. The summed E-state index contributed by atoms with van der Waals surface area (Å²) in [5, 5.41) is 0. The van der Waals surface area contributed by atoms with Crippen molar-refractivity contribution in [3.05, 3.63) is 29.3 Å². The average Bonchev–Trinajstić information content (AvgIpc) is 2.59. The molecule has 0 spiro atoms. The fourth-order valence-electron chi connectivity index (χ4n) is 3.35. The van der Waals surface area contributed by atoms with Crippen LogP contribution in [0.5, 0.6) is 5.75 Å². The molecular formula is C20H32N2O2. The Bertz CT molecular complexity index is 540. The summed E-state index contributed by atoms with van der Waals surface area (Å²) < 4.78 is 5.89. The van der Waals surface area contributed by atoms with Crippen molar-refractivity contribution in [1.29, 1.82) is 0 Å². The van der Waals surface area contributed by atoms with Gasteiger partial charge in [0.05, 0.1) is 5.92 Å². The van der Waals surface area contributed by atoms with Crippen molar-refractivity contribution in [3.8, 4) is 5.75 Å². The van der Waals surface area contributed by atoms with Crippen LogP contribution in [-0.2, 0) is 4.79 Å². The van der Waals surface area contributed by atoms with Crippen LogP contribution in [0, 0.1) is 19.8 Å². The molecule has 1 atom stereocenters. The van der Waals surface area contributed by atoms with Crippen LogP contribution in [0.2, 0.25) is 0 Å². The van der Waals surface area contributed by atoms with Gasteiger partial charge in [-0.25, -0.2) is 0 Å². The van der Waals surface area contributed by atoms with E-state index < -0.39 is 0 Å². The van der Waals surface area contributed by atoms with Gasteiger partial charge in [-0.05, 0) is 70.3 Å². The number of benzene rings is 1. The van der Waals surface area contributed by atoms with Crippen molar-refractivity contribution < 1.29 is 9.53 Å². The number of aryl methyl sites for hydroxylation is 2. The summed E-state index contributed by atoms with van der Waals surface area (Å²) in [7, 11) is 0. The Morgan fingerprint density at radius 3 is 2.67 bits per heavy atom. The van der Waals surface area contributed by atoms with E-state index in [0.29, 0.717) is 12.5 Å². The monoisotopic (exact) mass is 332 g/mol. The zero-order valence-corrected chi connectivity index (χ0v) is 15.7. The van der Waals surface area contributed by atoms with Gasteiger partial charge in [-0.2, -0.15) is 0 Å². The number of ether oxygens (including phenoxy) is 1. The van der Waals surface area contributed by atoms with Crippen molar-refractivity contribution in [2.45, 2.75) is 40.5 Å². The second-order valence-corrected chi connectivity index (χ2v) is 6.74. The summed E-state index contributed by atoms with van der Waals surface area (Å²) in [6, 6.07) is 6.23. The molecule has 1 heterocycles. The molecule has 0 aliphatic carbocycles. The molecule has 24 heavy (non-hydrogen) atoms. The molecule has 1 fully saturated rings. The van der Waals surface area contributed by atoms with E-state index >= 15 is 0 Å². The number of likely N-dealkylation sites (tertiary alicyclic amines) is 1. The molecule has 134 valence electrons. The molecule has 4 heteroatoms. The minimum absolute atomic E-state index is 0.153. The van der Waals surface area contributed by atoms with Gasteiger partial charge in [0.2, 0.25) is 5.91 Å². The van der Waals surface area contributed by atoms with Crippen LogP contribution in [-0.4, -0.2) is 55.0 Å². The molecule has 2 rings (SSSR count). The fraction of sp³-hybridized carbons (Fsp3) is 0.650. The van der Waals surface area contributed by atoms with Gasteiger partial charge in [-0.15, -0.1) is 0 Å². The van der Waals surface area contributed by atoms with Gasteiger partial charge in [-0.1, -0.05) is 6.07 Å². The summed E-state index contributed by atoms with van der Waals surface area (Å²) in [5.41, 5.74) is 2.55. The van der Waals surface area contributed by atoms with Gasteiger partial charge in [0.15, 0.2) is 0 Å². The number of nitrogens with zero attached hydrogens (tertiary/aromatic N) is 2. The highest BCUT2D eigenvalue weighted by Crippen LogP contribution is 2.20. The second-order valence-electron chi connectivity index (χ2n) is 6.74. The lowest BCUT2D eigenvalue weighted by Crippen LogP contribution is -2.45. The summed E-state index contributed by atoms with van der Waals surface area (Å²) in [4.78, 5) is 16.9. The lowest BCUT2D eigenvalue weighted by molar-refractivity contribution is -0.137. The smallest absolute Gasteiger partial charge is 0.226 e. The molecule has 1 aromatic rings. The third kappa shape index (κ3) is 4.97. The van der Waals surface area contributed by atoms with Gasteiger partial charge in [0.1, 0.15) is 12.4 Å². The van der Waals surface area contributed by atoms with Gasteiger partial charge in [0, 0.05) is 26.2 Å². The number of piperidine rings is 1. The molecule has 1 aliphatic rings. The van der Waals surface area contributed by atoms with Gasteiger partial charge in [0.25, 0.3) is 0 Å². The number of carbonyl (C=O) groups excluding carboxylic acids is 1. The number of amides is 1. The summed E-state index contributed by atoms with van der Waals surface area (Å²) in [6.07, 6.45) is 2.12. The van der Waals surface area contributed by atoms with Crippen molar-refractivity contribution in [3.63, 3.8) is 0 Å². The number of carbonyl (C=O) groups is 1. The summed E-state index contributed by atoms with van der Waals surface area (Å²) >= 11 is 0.